The van der Waals surface area contributed by atoms with E-state index >= 15 is 0 Å². The number of Topliss-reactive ketones (excluding diaryl/α,β-unsaturated/α-hetero) is 1. The van der Waals surface area contributed by atoms with Gasteiger partial charge in [-0.15, -0.1) is 0 Å². The van der Waals surface area contributed by atoms with Gasteiger partial charge in [0.05, 0.1) is 21.7 Å². The third-order valence-corrected chi connectivity index (χ3v) is 6.73. The van der Waals surface area contributed by atoms with Crippen molar-refractivity contribution in [2.24, 2.45) is 0 Å². The average molecular weight is 421 g/mol. The third kappa shape index (κ3) is 5.67. The lowest BCUT2D eigenvalue weighted by atomic mass is 9.76. The van der Waals surface area contributed by atoms with Gasteiger partial charge in [-0.05, 0) is 70.4 Å². The van der Waals surface area contributed by atoms with Gasteiger partial charge in [0.1, 0.15) is 5.78 Å². The van der Waals surface area contributed by atoms with E-state index in [-0.39, 0.29) is 11.8 Å². The Morgan fingerprint density at radius 1 is 1.27 bits per heavy atom. The van der Waals surface area contributed by atoms with E-state index < -0.39 is 15.4 Å². The van der Waals surface area contributed by atoms with Crippen molar-refractivity contribution in [3.05, 3.63) is 33.8 Å². The summed E-state index contributed by atoms with van der Waals surface area (Å²) in [6, 6.07) is 5.35. The lowest BCUT2D eigenvalue weighted by molar-refractivity contribution is -0.122. The second kappa shape index (κ2) is 8.57. The van der Waals surface area contributed by atoms with Crippen LogP contribution in [-0.2, 0) is 20.2 Å². The summed E-state index contributed by atoms with van der Waals surface area (Å²) in [5.74, 6) is 0.0875. The largest absolute Gasteiger partial charge is 0.303 e. The first-order valence-electron chi connectivity index (χ1n) is 8.67. The Morgan fingerprint density at radius 2 is 1.88 bits per heavy atom. The molecule has 0 aliphatic carbocycles. The second-order valence-corrected chi connectivity index (χ2v) is 9.87. The van der Waals surface area contributed by atoms with Crippen molar-refractivity contribution in [1.82, 2.24) is 9.62 Å². The zero-order valence-corrected chi connectivity index (χ0v) is 17.7. The lowest BCUT2D eigenvalue weighted by Gasteiger charge is -2.35. The number of carbonyl (C=O) groups is 1. The number of likely N-dealkylation sites (tertiary alicyclic amines) is 1. The van der Waals surface area contributed by atoms with Crippen LogP contribution in [0.1, 0.15) is 38.7 Å². The monoisotopic (exact) mass is 420 g/mol. The molecule has 1 atom stereocenters. The van der Waals surface area contributed by atoms with Crippen molar-refractivity contribution in [2.45, 2.75) is 44.6 Å². The summed E-state index contributed by atoms with van der Waals surface area (Å²) in [4.78, 5) is 14.6. The van der Waals surface area contributed by atoms with Crippen LogP contribution in [0.3, 0.4) is 0 Å². The Bertz CT molecular complexity index is 762. The Balaban J connectivity index is 1.99. The number of hydrogen-bond acceptors (Lipinski definition) is 4. The van der Waals surface area contributed by atoms with Gasteiger partial charge in [-0.2, -0.15) is 0 Å². The zero-order chi connectivity index (χ0) is 19.5. The van der Waals surface area contributed by atoms with E-state index in [1.807, 2.05) is 13.0 Å². The van der Waals surface area contributed by atoms with Crippen LogP contribution >= 0.6 is 23.2 Å². The average Bonchev–Trinajstić information content (AvgIpc) is 2.55. The van der Waals surface area contributed by atoms with Crippen molar-refractivity contribution in [3.8, 4) is 0 Å². The Kier molecular flexibility index (Phi) is 7.13. The molecule has 1 heterocycles. The molecule has 1 unspecified atom stereocenters. The fourth-order valence-corrected chi connectivity index (χ4v) is 4.46. The molecule has 1 aliphatic heterocycles. The smallest absolute Gasteiger partial charge is 0.208 e. The van der Waals surface area contributed by atoms with E-state index in [1.165, 1.54) is 6.26 Å². The highest BCUT2D eigenvalue weighted by molar-refractivity contribution is 7.88. The summed E-state index contributed by atoms with van der Waals surface area (Å²) < 4.78 is 25.3. The van der Waals surface area contributed by atoms with Crippen LogP contribution in [-0.4, -0.2) is 51.0 Å². The molecule has 26 heavy (non-hydrogen) atoms. The molecule has 0 saturated carbocycles. The molecule has 1 aromatic rings. The predicted molar refractivity (Wildman–Crippen MR) is 107 cm³/mol. The lowest BCUT2D eigenvalue weighted by Crippen LogP contribution is -2.45. The van der Waals surface area contributed by atoms with Gasteiger partial charge in [0.25, 0.3) is 0 Å². The van der Waals surface area contributed by atoms with Crippen LogP contribution in [0.4, 0.5) is 0 Å². The fraction of sp³-hybridized carbons (Fsp3) is 0.611. The van der Waals surface area contributed by atoms with Gasteiger partial charge in [0.2, 0.25) is 10.0 Å². The SMILES string of the molecule is CC(=O)C(C)(CCN1CCC(NS(C)(=O)=O)CC1)c1ccc(Cl)c(Cl)c1. The highest BCUT2D eigenvalue weighted by atomic mass is 35.5. The van der Waals surface area contributed by atoms with Gasteiger partial charge in [0.15, 0.2) is 0 Å². The Hall–Kier alpha value is -0.660. The van der Waals surface area contributed by atoms with E-state index in [0.717, 1.165) is 38.0 Å². The number of ketones is 1. The quantitative estimate of drug-likeness (QED) is 0.734. The third-order valence-electron chi connectivity index (χ3n) is 5.23. The number of rotatable bonds is 7. The van der Waals surface area contributed by atoms with Crippen LogP contribution in [0.15, 0.2) is 18.2 Å². The Morgan fingerprint density at radius 3 is 2.38 bits per heavy atom. The van der Waals surface area contributed by atoms with Gasteiger partial charge in [-0.25, -0.2) is 13.1 Å². The number of nitrogens with one attached hydrogen (secondary N) is 1. The molecule has 1 aromatic carbocycles. The van der Waals surface area contributed by atoms with Gasteiger partial charge >= 0.3 is 0 Å². The summed E-state index contributed by atoms with van der Waals surface area (Å²) in [5.41, 5.74) is 0.240. The number of sulfonamides is 1. The van der Waals surface area contributed by atoms with Gasteiger partial charge in [-0.1, -0.05) is 29.3 Å². The fourth-order valence-electron chi connectivity index (χ4n) is 3.32. The minimum absolute atomic E-state index is 0.00416. The minimum atomic E-state index is -3.17. The first kappa shape index (κ1) is 21.6. The van der Waals surface area contributed by atoms with Gasteiger partial charge in [-0.3, -0.25) is 4.79 Å². The van der Waals surface area contributed by atoms with Crippen LogP contribution in [0.5, 0.6) is 0 Å². The standard InChI is InChI=1S/C18H26Cl2N2O3S/c1-13(23)18(2,14-4-5-16(19)17(20)12-14)8-11-22-9-6-15(7-10-22)21-26(3,24)25/h4-5,12,15,21H,6-11H2,1-3H3. The van der Waals surface area contributed by atoms with E-state index in [2.05, 4.69) is 9.62 Å². The molecular formula is C18H26Cl2N2O3S. The molecule has 2 rings (SSSR count). The van der Waals surface area contributed by atoms with E-state index in [1.54, 1.807) is 19.1 Å². The molecule has 0 bridgehead atoms. The summed E-state index contributed by atoms with van der Waals surface area (Å²) in [6.45, 7) is 5.92. The Labute approximate surface area is 166 Å². The molecule has 0 aromatic heterocycles. The zero-order valence-electron chi connectivity index (χ0n) is 15.4. The topological polar surface area (TPSA) is 66.5 Å². The molecule has 1 N–H and O–H groups in total. The molecule has 0 amide bonds. The number of piperidine rings is 1. The molecular weight excluding hydrogens is 395 g/mol. The normalized spacial score (nSPS) is 19.3. The molecule has 0 spiro atoms. The van der Waals surface area contributed by atoms with Crippen LogP contribution in [0.2, 0.25) is 10.0 Å². The molecule has 146 valence electrons. The summed E-state index contributed by atoms with van der Waals surface area (Å²) in [6.07, 6.45) is 3.41. The van der Waals surface area contributed by atoms with Crippen molar-refractivity contribution < 1.29 is 13.2 Å². The van der Waals surface area contributed by atoms with Crippen LogP contribution in [0, 0.1) is 0 Å². The summed E-state index contributed by atoms with van der Waals surface area (Å²) >= 11 is 12.1. The van der Waals surface area contributed by atoms with Crippen LogP contribution in [0.25, 0.3) is 0 Å². The van der Waals surface area contributed by atoms with E-state index in [0.29, 0.717) is 16.5 Å². The minimum Gasteiger partial charge on any atom is -0.303 e. The van der Waals surface area contributed by atoms with E-state index in [9.17, 15) is 13.2 Å². The summed E-state index contributed by atoms with van der Waals surface area (Å²) in [5, 5.41) is 0.922. The molecule has 1 saturated heterocycles. The van der Waals surface area contributed by atoms with Crippen molar-refractivity contribution in [2.75, 3.05) is 25.9 Å². The number of benzene rings is 1. The number of hydrogen-bond donors (Lipinski definition) is 1. The highest BCUT2D eigenvalue weighted by Gasteiger charge is 2.33. The maximum atomic E-state index is 12.4. The first-order chi connectivity index (χ1) is 12.0. The second-order valence-electron chi connectivity index (χ2n) is 7.27. The van der Waals surface area contributed by atoms with Crippen LogP contribution < -0.4 is 4.72 Å². The highest BCUT2D eigenvalue weighted by Crippen LogP contribution is 2.33. The molecule has 8 heteroatoms. The molecule has 1 aliphatic rings. The number of halogens is 2. The molecule has 0 radical (unpaired) electrons. The number of carbonyl (C=O) groups excluding carboxylic acids is 1. The van der Waals surface area contributed by atoms with Crippen molar-refractivity contribution in [3.63, 3.8) is 0 Å². The van der Waals surface area contributed by atoms with Crippen molar-refractivity contribution >= 4 is 39.0 Å². The molecule has 1 fully saturated rings. The van der Waals surface area contributed by atoms with Gasteiger partial charge in [0, 0.05) is 6.04 Å². The van der Waals surface area contributed by atoms with E-state index in [4.69, 9.17) is 23.2 Å². The summed E-state index contributed by atoms with van der Waals surface area (Å²) in [7, 11) is -3.17. The first-order valence-corrected chi connectivity index (χ1v) is 11.3. The maximum Gasteiger partial charge on any atom is 0.208 e. The predicted octanol–water partition coefficient (Wildman–Crippen LogP) is 3.24. The molecule has 5 nitrogen and oxygen atoms in total. The number of nitrogens with zero attached hydrogens (tertiary/aromatic N) is 1. The van der Waals surface area contributed by atoms with Gasteiger partial charge < -0.3 is 4.90 Å². The van der Waals surface area contributed by atoms with Crippen molar-refractivity contribution in [1.29, 1.82) is 0 Å². The maximum absolute atomic E-state index is 12.4.